The molecular formula is C21H28ClN3O2S. The number of aromatic nitrogens is 1. The maximum absolute atomic E-state index is 13.1. The molecule has 0 bridgehead atoms. The second-order valence-corrected chi connectivity index (χ2v) is 9.46. The molecule has 1 aliphatic rings. The predicted octanol–water partition coefficient (Wildman–Crippen LogP) is 4.36. The van der Waals surface area contributed by atoms with Crippen LogP contribution in [0.25, 0.3) is 0 Å². The Morgan fingerprint density at radius 1 is 1.21 bits per heavy atom. The lowest BCUT2D eigenvalue weighted by atomic mass is 10.0. The Hall–Kier alpha value is -1.47. The molecule has 28 heavy (non-hydrogen) atoms. The summed E-state index contributed by atoms with van der Waals surface area (Å²) < 4.78 is 29.3. The van der Waals surface area contributed by atoms with Gasteiger partial charge in [0.25, 0.3) is 10.2 Å². The van der Waals surface area contributed by atoms with E-state index in [-0.39, 0.29) is 6.04 Å². The average Bonchev–Trinajstić information content (AvgIpc) is 3.15. The minimum atomic E-state index is -3.48. The van der Waals surface area contributed by atoms with E-state index in [1.54, 1.807) is 4.31 Å². The first-order chi connectivity index (χ1) is 13.4. The molecule has 2 aromatic rings. The summed E-state index contributed by atoms with van der Waals surface area (Å²) in [6.07, 6.45) is 2.34. The summed E-state index contributed by atoms with van der Waals surface area (Å²) in [4.78, 5) is 4.70. The first-order valence-electron chi connectivity index (χ1n) is 9.84. The molecule has 7 heteroatoms. The number of nitrogens with zero attached hydrogens (tertiary/aromatic N) is 3. The number of aryl methyl sites for hydroxylation is 1. The van der Waals surface area contributed by atoms with Crippen LogP contribution in [0.2, 0.25) is 5.02 Å². The van der Waals surface area contributed by atoms with Crippen molar-refractivity contribution in [3.63, 3.8) is 0 Å². The third-order valence-electron chi connectivity index (χ3n) is 5.26. The summed E-state index contributed by atoms with van der Waals surface area (Å²) in [5, 5.41) is 0.741. The van der Waals surface area contributed by atoms with E-state index in [2.05, 4.69) is 0 Å². The smallest absolute Gasteiger partial charge is 0.256 e. The predicted molar refractivity (Wildman–Crippen MR) is 114 cm³/mol. The van der Waals surface area contributed by atoms with Crippen molar-refractivity contribution < 1.29 is 8.42 Å². The van der Waals surface area contributed by atoms with E-state index >= 15 is 0 Å². The first kappa shape index (κ1) is 21.2. The summed E-state index contributed by atoms with van der Waals surface area (Å²) in [6, 6.07) is 11.7. The van der Waals surface area contributed by atoms with E-state index < -0.39 is 10.2 Å². The number of halogens is 1. The molecule has 0 saturated carbocycles. The van der Waals surface area contributed by atoms with E-state index in [0.29, 0.717) is 26.1 Å². The molecule has 2 heterocycles. The number of rotatable bonds is 7. The Kier molecular flexibility index (Phi) is 6.76. The minimum Gasteiger partial charge on any atom is -0.256 e. The zero-order chi connectivity index (χ0) is 20.3. The van der Waals surface area contributed by atoms with Crippen molar-refractivity contribution in [3.8, 4) is 0 Å². The highest BCUT2D eigenvalue weighted by atomic mass is 35.5. The molecule has 3 rings (SSSR count). The van der Waals surface area contributed by atoms with Crippen LogP contribution in [0.5, 0.6) is 0 Å². The molecule has 0 aliphatic carbocycles. The second-order valence-electron chi connectivity index (χ2n) is 7.17. The normalized spacial score (nSPS) is 18.1. The SMILES string of the molecule is CCN(CC)S(=O)(=O)N1CCC[C@@H]1c1cc(Cc2ccccc2Cl)cc(C)n1. The molecule has 0 radical (unpaired) electrons. The standard InChI is InChI=1S/C21H28ClN3O2S/c1-4-24(5-2)28(26,27)25-12-8-11-21(25)20-15-17(13-16(3)23-20)14-18-9-6-7-10-19(18)22/h6-7,9-10,13,15,21H,4-5,8,11-12,14H2,1-3H3/t21-/m1/s1. The maximum atomic E-state index is 13.1. The van der Waals surface area contributed by atoms with Crippen molar-refractivity contribution in [1.29, 1.82) is 0 Å². The van der Waals surface area contributed by atoms with Gasteiger partial charge in [-0.15, -0.1) is 0 Å². The van der Waals surface area contributed by atoms with Crippen molar-refractivity contribution in [2.45, 2.75) is 46.1 Å². The summed E-state index contributed by atoms with van der Waals surface area (Å²) in [6.45, 7) is 7.19. The molecule has 0 amide bonds. The molecular weight excluding hydrogens is 394 g/mol. The first-order valence-corrected chi connectivity index (χ1v) is 11.6. The van der Waals surface area contributed by atoms with Crippen molar-refractivity contribution in [3.05, 3.63) is 63.9 Å². The highest BCUT2D eigenvalue weighted by Gasteiger charge is 2.38. The van der Waals surface area contributed by atoms with E-state index in [0.717, 1.165) is 40.4 Å². The molecule has 1 atom stereocenters. The molecule has 1 fully saturated rings. The molecule has 1 aliphatic heterocycles. The monoisotopic (exact) mass is 421 g/mol. The quantitative estimate of drug-likeness (QED) is 0.667. The van der Waals surface area contributed by atoms with Gasteiger partial charge in [-0.2, -0.15) is 17.0 Å². The lowest BCUT2D eigenvalue weighted by Crippen LogP contribution is -2.43. The van der Waals surface area contributed by atoms with Gasteiger partial charge < -0.3 is 0 Å². The van der Waals surface area contributed by atoms with Crippen LogP contribution in [0, 0.1) is 6.92 Å². The van der Waals surface area contributed by atoms with Crippen molar-refractivity contribution in [2.24, 2.45) is 0 Å². The van der Waals surface area contributed by atoms with E-state index in [4.69, 9.17) is 16.6 Å². The van der Waals surface area contributed by atoms with Crippen LogP contribution in [-0.4, -0.2) is 41.6 Å². The van der Waals surface area contributed by atoms with Gasteiger partial charge in [0.1, 0.15) is 0 Å². The van der Waals surface area contributed by atoms with Gasteiger partial charge in [0.05, 0.1) is 11.7 Å². The lowest BCUT2D eigenvalue weighted by molar-refractivity contribution is 0.334. The Balaban J connectivity index is 1.92. The van der Waals surface area contributed by atoms with Gasteiger partial charge in [-0.3, -0.25) is 4.98 Å². The van der Waals surface area contributed by atoms with Crippen LogP contribution in [0.4, 0.5) is 0 Å². The summed E-state index contributed by atoms with van der Waals surface area (Å²) in [7, 11) is -3.48. The molecule has 0 N–H and O–H groups in total. The number of pyridine rings is 1. The van der Waals surface area contributed by atoms with E-state index in [9.17, 15) is 8.42 Å². The van der Waals surface area contributed by atoms with Crippen LogP contribution >= 0.6 is 11.6 Å². The highest BCUT2D eigenvalue weighted by Crippen LogP contribution is 2.35. The van der Waals surface area contributed by atoms with Crippen molar-refractivity contribution >= 4 is 21.8 Å². The second kappa shape index (κ2) is 8.91. The van der Waals surface area contributed by atoms with Crippen LogP contribution in [0.3, 0.4) is 0 Å². The van der Waals surface area contributed by atoms with Crippen molar-refractivity contribution in [2.75, 3.05) is 19.6 Å². The van der Waals surface area contributed by atoms with Crippen LogP contribution in [0.15, 0.2) is 36.4 Å². The third kappa shape index (κ3) is 4.40. The van der Waals surface area contributed by atoms with Crippen LogP contribution in [0.1, 0.15) is 55.2 Å². The summed E-state index contributed by atoms with van der Waals surface area (Å²) >= 11 is 6.32. The Morgan fingerprint density at radius 3 is 2.61 bits per heavy atom. The Labute approximate surface area is 173 Å². The average molecular weight is 422 g/mol. The Bertz CT molecular complexity index is 929. The van der Waals surface area contributed by atoms with Crippen molar-refractivity contribution in [1.82, 2.24) is 13.6 Å². The third-order valence-corrected chi connectivity index (χ3v) is 7.83. The maximum Gasteiger partial charge on any atom is 0.282 e. The van der Waals surface area contributed by atoms with Gasteiger partial charge in [-0.05, 0) is 55.5 Å². The highest BCUT2D eigenvalue weighted by molar-refractivity contribution is 7.86. The Morgan fingerprint density at radius 2 is 1.93 bits per heavy atom. The van der Waals surface area contributed by atoms with Gasteiger partial charge >= 0.3 is 0 Å². The van der Waals surface area contributed by atoms with Gasteiger partial charge in [0, 0.05) is 30.4 Å². The molecule has 1 aromatic carbocycles. The van der Waals surface area contributed by atoms with E-state index in [1.165, 1.54) is 4.31 Å². The van der Waals surface area contributed by atoms with Gasteiger partial charge in [-0.25, -0.2) is 0 Å². The minimum absolute atomic E-state index is 0.213. The number of benzene rings is 1. The van der Waals surface area contributed by atoms with Gasteiger partial charge in [0.15, 0.2) is 0 Å². The largest absolute Gasteiger partial charge is 0.282 e. The molecule has 0 unspecified atom stereocenters. The fourth-order valence-corrected chi connectivity index (χ4v) is 5.96. The fourth-order valence-electron chi connectivity index (χ4n) is 3.91. The molecule has 0 spiro atoms. The van der Waals surface area contributed by atoms with Crippen LogP contribution < -0.4 is 0 Å². The fraction of sp³-hybridized carbons (Fsp3) is 0.476. The molecule has 152 valence electrons. The van der Waals surface area contributed by atoms with Crippen LogP contribution in [-0.2, 0) is 16.6 Å². The topological polar surface area (TPSA) is 53.5 Å². The number of hydrogen-bond donors (Lipinski definition) is 0. The van der Waals surface area contributed by atoms with Gasteiger partial charge in [-0.1, -0.05) is 43.6 Å². The van der Waals surface area contributed by atoms with E-state index in [1.807, 2.05) is 57.2 Å². The molecule has 5 nitrogen and oxygen atoms in total. The molecule has 1 aromatic heterocycles. The lowest BCUT2D eigenvalue weighted by Gasteiger charge is -2.29. The summed E-state index contributed by atoms with van der Waals surface area (Å²) in [5.41, 5.74) is 3.88. The number of hydrogen-bond acceptors (Lipinski definition) is 3. The van der Waals surface area contributed by atoms with Gasteiger partial charge in [0.2, 0.25) is 0 Å². The molecule has 1 saturated heterocycles. The zero-order valence-electron chi connectivity index (χ0n) is 16.7. The summed E-state index contributed by atoms with van der Waals surface area (Å²) in [5.74, 6) is 0. The zero-order valence-corrected chi connectivity index (χ0v) is 18.3.